The minimum absolute atomic E-state index is 0.0280. The maximum atomic E-state index is 12.6. The van der Waals surface area contributed by atoms with E-state index in [4.69, 9.17) is 4.74 Å². The predicted octanol–water partition coefficient (Wildman–Crippen LogP) is 5.77. The second-order valence-electron chi connectivity index (χ2n) is 9.16. The molecule has 2 atom stereocenters. The highest BCUT2D eigenvalue weighted by atomic mass is 28.3. The molecule has 150 valence electrons. The van der Waals surface area contributed by atoms with Crippen LogP contribution >= 0.6 is 0 Å². The molecule has 0 fully saturated rings. The maximum absolute atomic E-state index is 12.6. The Morgan fingerprint density at radius 3 is 2.30 bits per heavy atom. The van der Waals surface area contributed by atoms with Crippen LogP contribution in [0.4, 0.5) is 0 Å². The van der Waals surface area contributed by atoms with Crippen molar-refractivity contribution in [1.29, 1.82) is 0 Å². The number of esters is 1. The van der Waals surface area contributed by atoms with E-state index >= 15 is 0 Å². The maximum Gasteiger partial charge on any atom is 0.308 e. The van der Waals surface area contributed by atoms with Crippen molar-refractivity contribution in [2.75, 3.05) is 6.54 Å². The lowest BCUT2D eigenvalue weighted by Gasteiger charge is -2.35. The first-order valence-electron chi connectivity index (χ1n) is 9.76. The second-order valence-corrected chi connectivity index (χ2v) is 14.2. The molecule has 0 heterocycles. The van der Waals surface area contributed by atoms with Crippen LogP contribution in [0, 0.1) is 0 Å². The van der Waals surface area contributed by atoms with E-state index in [1.54, 1.807) is 0 Å². The summed E-state index contributed by atoms with van der Waals surface area (Å²) >= 11 is 0. The van der Waals surface area contributed by atoms with E-state index in [2.05, 4.69) is 74.1 Å². The Hall–Kier alpha value is -1.65. The molecular formula is C23H37NO2Si. The van der Waals surface area contributed by atoms with Crippen LogP contribution in [0.15, 0.2) is 54.8 Å². The van der Waals surface area contributed by atoms with Crippen molar-refractivity contribution in [3.63, 3.8) is 0 Å². The molecule has 1 rings (SSSR count). The van der Waals surface area contributed by atoms with Gasteiger partial charge in [0, 0.05) is 18.6 Å². The molecule has 0 spiro atoms. The molecule has 0 amide bonds. The number of hydrogen-bond acceptors (Lipinski definition) is 3. The van der Waals surface area contributed by atoms with Gasteiger partial charge in [0.05, 0.1) is 14.5 Å². The zero-order valence-corrected chi connectivity index (χ0v) is 19.2. The SMILES string of the molecule is C=CCN([C@H](/C=C/[Si](C)(C)C)CC(=O)OC(C)(C)C)[C@H](C)c1ccccc1. The Bertz CT molecular complexity index is 626. The fraction of sp³-hybridized carbons (Fsp3) is 0.522. The minimum Gasteiger partial charge on any atom is -0.460 e. The predicted molar refractivity (Wildman–Crippen MR) is 118 cm³/mol. The first kappa shape index (κ1) is 23.4. The van der Waals surface area contributed by atoms with Gasteiger partial charge >= 0.3 is 5.97 Å². The van der Waals surface area contributed by atoms with Crippen molar-refractivity contribution in [2.24, 2.45) is 0 Å². The van der Waals surface area contributed by atoms with Gasteiger partial charge in [0.15, 0.2) is 0 Å². The summed E-state index contributed by atoms with van der Waals surface area (Å²) in [6.45, 7) is 19.4. The Balaban J connectivity index is 3.15. The molecular weight excluding hydrogens is 350 g/mol. The molecule has 0 N–H and O–H groups in total. The highest BCUT2D eigenvalue weighted by Crippen LogP contribution is 2.25. The first-order chi connectivity index (χ1) is 12.4. The Morgan fingerprint density at radius 2 is 1.81 bits per heavy atom. The largest absolute Gasteiger partial charge is 0.460 e. The third-order valence-electron chi connectivity index (χ3n) is 4.16. The zero-order chi connectivity index (χ0) is 20.7. The summed E-state index contributed by atoms with van der Waals surface area (Å²) in [5, 5.41) is 0. The van der Waals surface area contributed by atoms with Gasteiger partial charge < -0.3 is 4.74 Å². The van der Waals surface area contributed by atoms with Crippen molar-refractivity contribution in [2.45, 2.75) is 71.4 Å². The number of carbonyl (C=O) groups is 1. The molecule has 0 radical (unpaired) electrons. The van der Waals surface area contributed by atoms with Crippen LogP contribution in [0.1, 0.15) is 45.7 Å². The van der Waals surface area contributed by atoms with Gasteiger partial charge in [-0.25, -0.2) is 0 Å². The normalized spacial score (nSPS) is 15.0. The van der Waals surface area contributed by atoms with Gasteiger partial charge in [0.25, 0.3) is 0 Å². The van der Waals surface area contributed by atoms with Crippen LogP contribution in [0.25, 0.3) is 0 Å². The van der Waals surface area contributed by atoms with E-state index in [1.807, 2.05) is 32.9 Å². The summed E-state index contributed by atoms with van der Waals surface area (Å²) < 4.78 is 5.60. The summed E-state index contributed by atoms with van der Waals surface area (Å²) in [5.74, 6) is -0.165. The highest BCUT2D eigenvalue weighted by Gasteiger charge is 2.27. The zero-order valence-electron chi connectivity index (χ0n) is 18.2. The van der Waals surface area contributed by atoms with Crippen LogP contribution in [-0.4, -0.2) is 37.1 Å². The molecule has 27 heavy (non-hydrogen) atoms. The van der Waals surface area contributed by atoms with Crippen LogP contribution in [0.3, 0.4) is 0 Å². The minimum atomic E-state index is -1.39. The molecule has 1 aromatic rings. The Kier molecular flexibility index (Phi) is 8.70. The average Bonchev–Trinajstić information content (AvgIpc) is 2.54. The molecule has 0 aromatic heterocycles. The fourth-order valence-corrected chi connectivity index (χ4v) is 3.70. The lowest BCUT2D eigenvalue weighted by molar-refractivity contribution is -0.156. The van der Waals surface area contributed by atoms with Crippen molar-refractivity contribution >= 4 is 14.0 Å². The average molecular weight is 388 g/mol. The summed E-state index contributed by atoms with van der Waals surface area (Å²) in [4.78, 5) is 14.9. The van der Waals surface area contributed by atoms with E-state index in [0.717, 1.165) is 0 Å². The molecule has 0 bridgehead atoms. The topological polar surface area (TPSA) is 29.5 Å². The van der Waals surface area contributed by atoms with Crippen molar-refractivity contribution in [3.05, 3.63) is 60.3 Å². The van der Waals surface area contributed by atoms with Gasteiger partial charge in [-0.3, -0.25) is 9.69 Å². The summed E-state index contributed by atoms with van der Waals surface area (Å²) in [6, 6.07) is 10.5. The van der Waals surface area contributed by atoms with E-state index in [9.17, 15) is 4.79 Å². The van der Waals surface area contributed by atoms with Gasteiger partial charge in [-0.05, 0) is 33.3 Å². The van der Waals surface area contributed by atoms with Gasteiger partial charge in [0.1, 0.15) is 5.60 Å². The Labute approximate surface area is 167 Å². The third kappa shape index (κ3) is 9.20. The molecule has 0 aliphatic heterocycles. The van der Waals surface area contributed by atoms with Crippen LogP contribution in [0.2, 0.25) is 19.6 Å². The number of nitrogens with zero attached hydrogens (tertiary/aromatic N) is 1. The molecule has 0 aliphatic rings. The van der Waals surface area contributed by atoms with Crippen molar-refractivity contribution < 1.29 is 9.53 Å². The lowest BCUT2D eigenvalue weighted by atomic mass is 10.0. The highest BCUT2D eigenvalue weighted by molar-refractivity contribution is 6.80. The summed E-state index contributed by atoms with van der Waals surface area (Å²) in [6.07, 6.45) is 4.45. The summed E-state index contributed by atoms with van der Waals surface area (Å²) in [7, 11) is -1.39. The van der Waals surface area contributed by atoms with E-state index in [1.165, 1.54) is 5.56 Å². The van der Waals surface area contributed by atoms with Gasteiger partial charge in [-0.15, -0.1) is 6.58 Å². The molecule has 0 aliphatic carbocycles. The van der Waals surface area contributed by atoms with Gasteiger partial charge in [-0.2, -0.15) is 0 Å². The van der Waals surface area contributed by atoms with Crippen LogP contribution in [-0.2, 0) is 9.53 Å². The molecule has 4 heteroatoms. The number of ether oxygens (including phenoxy) is 1. The van der Waals surface area contributed by atoms with Crippen LogP contribution < -0.4 is 0 Å². The van der Waals surface area contributed by atoms with Gasteiger partial charge in [0.2, 0.25) is 0 Å². The number of hydrogen-bond donors (Lipinski definition) is 0. The van der Waals surface area contributed by atoms with E-state index in [0.29, 0.717) is 13.0 Å². The van der Waals surface area contributed by atoms with Crippen LogP contribution in [0.5, 0.6) is 0 Å². The Morgan fingerprint density at radius 1 is 1.22 bits per heavy atom. The van der Waals surface area contributed by atoms with E-state index in [-0.39, 0.29) is 18.1 Å². The monoisotopic (exact) mass is 387 g/mol. The fourth-order valence-electron chi connectivity index (χ4n) is 2.90. The van der Waals surface area contributed by atoms with Crippen molar-refractivity contribution in [3.8, 4) is 0 Å². The number of benzene rings is 1. The number of rotatable bonds is 9. The molecule has 1 aromatic carbocycles. The standard InChI is InChI=1S/C23H37NO2Si/c1-9-16-24(19(2)20-13-11-10-12-14-20)21(15-17-27(6,7)8)18-22(25)26-23(3,4)5/h9-15,17,19,21H,1,16,18H2,2-8H3/b17-15+/t19-,21-/m1/s1. The van der Waals surface area contributed by atoms with E-state index < -0.39 is 13.7 Å². The lowest BCUT2D eigenvalue weighted by Crippen LogP contribution is -2.39. The third-order valence-corrected chi connectivity index (χ3v) is 5.35. The number of carbonyl (C=O) groups excluding carboxylic acids is 1. The molecule has 0 saturated carbocycles. The quantitative estimate of drug-likeness (QED) is 0.306. The molecule has 3 nitrogen and oxygen atoms in total. The molecule has 0 saturated heterocycles. The van der Waals surface area contributed by atoms with Crippen molar-refractivity contribution in [1.82, 2.24) is 4.90 Å². The van der Waals surface area contributed by atoms with Gasteiger partial charge in [-0.1, -0.05) is 67.8 Å². The summed E-state index contributed by atoms with van der Waals surface area (Å²) in [5.41, 5.74) is 3.07. The first-order valence-corrected chi connectivity index (χ1v) is 13.3. The molecule has 0 unspecified atom stereocenters. The smallest absolute Gasteiger partial charge is 0.308 e. The second kappa shape index (κ2) is 10.0.